The zero-order valence-electron chi connectivity index (χ0n) is 14.0. The highest BCUT2D eigenvalue weighted by atomic mass is 32.2. The van der Waals surface area contributed by atoms with E-state index >= 15 is 0 Å². The van der Waals surface area contributed by atoms with Crippen LogP contribution in [0.15, 0.2) is 47.9 Å². The Morgan fingerprint density at radius 3 is 2.75 bits per heavy atom. The van der Waals surface area contributed by atoms with Gasteiger partial charge in [0.1, 0.15) is 5.75 Å². The number of ether oxygens (including phenoxy) is 1. The van der Waals surface area contributed by atoms with Crippen molar-refractivity contribution < 1.29 is 4.74 Å². The van der Waals surface area contributed by atoms with E-state index in [-0.39, 0.29) is 0 Å². The SMILES string of the molecule is CCSc1nccc(CCCc2ccnc3ccc(OC)cc23)n1. The van der Waals surface area contributed by atoms with Crippen LogP contribution in [-0.4, -0.2) is 27.8 Å². The van der Waals surface area contributed by atoms with Crippen LogP contribution in [0.1, 0.15) is 24.6 Å². The molecule has 0 fully saturated rings. The third-order valence-corrected chi connectivity index (χ3v) is 4.63. The summed E-state index contributed by atoms with van der Waals surface area (Å²) >= 11 is 1.68. The van der Waals surface area contributed by atoms with Gasteiger partial charge in [-0.1, -0.05) is 18.7 Å². The molecule has 0 aliphatic rings. The van der Waals surface area contributed by atoms with Crippen LogP contribution >= 0.6 is 11.8 Å². The van der Waals surface area contributed by atoms with Gasteiger partial charge in [0, 0.05) is 23.5 Å². The van der Waals surface area contributed by atoms with Gasteiger partial charge in [0.25, 0.3) is 0 Å². The number of hydrogen-bond donors (Lipinski definition) is 0. The summed E-state index contributed by atoms with van der Waals surface area (Å²) in [6, 6.07) is 10.1. The Hall–Kier alpha value is -2.14. The Morgan fingerprint density at radius 1 is 1.04 bits per heavy atom. The maximum absolute atomic E-state index is 5.34. The van der Waals surface area contributed by atoms with Gasteiger partial charge in [-0.2, -0.15) is 0 Å². The summed E-state index contributed by atoms with van der Waals surface area (Å²) in [4.78, 5) is 13.3. The van der Waals surface area contributed by atoms with Gasteiger partial charge in [-0.3, -0.25) is 4.98 Å². The predicted octanol–water partition coefficient (Wildman–Crippen LogP) is 4.32. The molecule has 124 valence electrons. The molecule has 3 aromatic rings. The fraction of sp³-hybridized carbons (Fsp3) is 0.316. The Labute approximate surface area is 146 Å². The molecule has 0 saturated carbocycles. The molecule has 4 nitrogen and oxygen atoms in total. The maximum atomic E-state index is 5.34. The number of thioether (sulfide) groups is 1. The van der Waals surface area contributed by atoms with Crippen molar-refractivity contribution in [2.45, 2.75) is 31.3 Å². The summed E-state index contributed by atoms with van der Waals surface area (Å²) in [5, 5.41) is 2.04. The molecule has 1 aromatic carbocycles. The Bertz CT molecular complexity index is 823. The third-order valence-electron chi connectivity index (χ3n) is 3.88. The molecule has 0 aliphatic heterocycles. The molecule has 0 amide bonds. The van der Waals surface area contributed by atoms with E-state index in [4.69, 9.17) is 4.74 Å². The van der Waals surface area contributed by atoms with Gasteiger partial charge in [0.15, 0.2) is 5.16 Å². The van der Waals surface area contributed by atoms with Gasteiger partial charge >= 0.3 is 0 Å². The molecule has 0 aliphatic carbocycles. The second kappa shape index (κ2) is 8.11. The van der Waals surface area contributed by atoms with Crippen molar-refractivity contribution in [3.63, 3.8) is 0 Å². The molecule has 0 saturated heterocycles. The van der Waals surface area contributed by atoms with Crippen LogP contribution in [0.2, 0.25) is 0 Å². The second-order valence-electron chi connectivity index (χ2n) is 5.47. The van der Waals surface area contributed by atoms with Gasteiger partial charge in [0.05, 0.1) is 12.6 Å². The lowest BCUT2D eigenvalue weighted by Crippen LogP contribution is -1.97. The number of rotatable bonds is 7. The molecule has 0 N–H and O–H groups in total. The predicted molar refractivity (Wildman–Crippen MR) is 98.8 cm³/mol. The van der Waals surface area contributed by atoms with Crippen molar-refractivity contribution >= 4 is 22.7 Å². The first-order valence-corrected chi connectivity index (χ1v) is 9.15. The first-order valence-electron chi connectivity index (χ1n) is 8.16. The molecule has 2 aromatic heterocycles. The number of aryl methyl sites for hydroxylation is 2. The van der Waals surface area contributed by atoms with Crippen LogP contribution in [0.5, 0.6) is 5.75 Å². The molecular weight excluding hydrogens is 318 g/mol. The lowest BCUT2D eigenvalue weighted by molar-refractivity contribution is 0.415. The highest BCUT2D eigenvalue weighted by molar-refractivity contribution is 7.99. The largest absolute Gasteiger partial charge is 0.497 e. The lowest BCUT2D eigenvalue weighted by atomic mass is 10.0. The molecule has 5 heteroatoms. The fourth-order valence-electron chi connectivity index (χ4n) is 2.70. The number of hydrogen-bond acceptors (Lipinski definition) is 5. The summed E-state index contributed by atoms with van der Waals surface area (Å²) in [5.41, 5.74) is 3.42. The highest BCUT2D eigenvalue weighted by Gasteiger charge is 2.05. The number of fused-ring (bicyclic) bond motifs is 1. The van der Waals surface area contributed by atoms with Gasteiger partial charge < -0.3 is 4.74 Å². The average Bonchev–Trinajstić information content (AvgIpc) is 2.62. The summed E-state index contributed by atoms with van der Waals surface area (Å²) in [6.07, 6.45) is 6.72. The third kappa shape index (κ3) is 4.03. The van der Waals surface area contributed by atoms with Crippen LogP contribution in [0.3, 0.4) is 0 Å². The molecule has 0 unspecified atom stereocenters. The number of methoxy groups -OCH3 is 1. The molecule has 24 heavy (non-hydrogen) atoms. The van der Waals surface area contributed by atoms with E-state index in [1.54, 1.807) is 18.9 Å². The normalized spacial score (nSPS) is 10.9. The van der Waals surface area contributed by atoms with E-state index in [1.807, 2.05) is 30.6 Å². The van der Waals surface area contributed by atoms with Crippen molar-refractivity contribution in [3.8, 4) is 5.75 Å². The Kier molecular flexibility index (Phi) is 5.64. The standard InChI is InChI=1S/C19H21N3OS/c1-3-24-19-21-12-10-15(22-19)6-4-5-14-9-11-20-18-8-7-16(23-2)13-17(14)18/h7-13H,3-6H2,1-2H3. The minimum atomic E-state index is 0.869. The first kappa shape index (κ1) is 16.7. The fourth-order valence-corrected chi connectivity index (χ4v) is 3.28. The molecule has 0 radical (unpaired) electrons. The van der Waals surface area contributed by atoms with E-state index in [0.717, 1.165) is 47.1 Å². The zero-order chi connectivity index (χ0) is 16.8. The lowest BCUT2D eigenvalue weighted by Gasteiger charge is -2.08. The molecule has 0 spiro atoms. The van der Waals surface area contributed by atoms with Crippen molar-refractivity contribution in [2.24, 2.45) is 0 Å². The minimum Gasteiger partial charge on any atom is -0.497 e. The van der Waals surface area contributed by atoms with E-state index in [2.05, 4.69) is 34.0 Å². The van der Waals surface area contributed by atoms with Crippen molar-refractivity contribution in [1.29, 1.82) is 0 Å². The maximum Gasteiger partial charge on any atom is 0.187 e. The summed E-state index contributed by atoms with van der Waals surface area (Å²) < 4.78 is 5.34. The number of nitrogens with zero attached hydrogens (tertiary/aromatic N) is 3. The molecule has 0 bridgehead atoms. The average molecular weight is 339 g/mol. The van der Waals surface area contributed by atoms with E-state index in [9.17, 15) is 0 Å². The van der Waals surface area contributed by atoms with Crippen LogP contribution in [-0.2, 0) is 12.8 Å². The van der Waals surface area contributed by atoms with Crippen LogP contribution in [0, 0.1) is 0 Å². The molecule has 2 heterocycles. The smallest absolute Gasteiger partial charge is 0.187 e. The number of benzene rings is 1. The molecule has 0 atom stereocenters. The Balaban J connectivity index is 1.70. The monoisotopic (exact) mass is 339 g/mol. The minimum absolute atomic E-state index is 0.869. The van der Waals surface area contributed by atoms with Crippen LogP contribution in [0.25, 0.3) is 10.9 Å². The summed E-state index contributed by atoms with van der Waals surface area (Å²) in [5.74, 6) is 1.86. The summed E-state index contributed by atoms with van der Waals surface area (Å²) in [6.45, 7) is 2.11. The van der Waals surface area contributed by atoms with Crippen molar-refractivity contribution in [1.82, 2.24) is 15.0 Å². The van der Waals surface area contributed by atoms with E-state index in [0.29, 0.717) is 0 Å². The number of aromatic nitrogens is 3. The highest BCUT2D eigenvalue weighted by Crippen LogP contribution is 2.23. The van der Waals surface area contributed by atoms with Gasteiger partial charge in [-0.15, -0.1) is 0 Å². The second-order valence-corrected chi connectivity index (χ2v) is 6.70. The Morgan fingerprint density at radius 2 is 1.92 bits per heavy atom. The zero-order valence-corrected chi connectivity index (χ0v) is 14.8. The van der Waals surface area contributed by atoms with Crippen LogP contribution in [0.4, 0.5) is 0 Å². The summed E-state index contributed by atoms with van der Waals surface area (Å²) in [7, 11) is 1.69. The quantitative estimate of drug-likeness (QED) is 0.474. The van der Waals surface area contributed by atoms with E-state index in [1.165, 1.54) is 10.9 Å². The van der Waals surface area contributed by atoms with Crippen molar-refractivity contribution in [3.05, 3.63) is 54.0 Å². The van der Waals surface area contributed by atoms with E-state index < -0.39 is 0 Å². The van der Waals surface area contributed by atoms with Crippen molar-refractivity contribution in [2.75, 3.05) is 12.9 Å². The van der Waals surface area contributed by atoms with Gasteiger partial charge in [0.2, 0.25) is 0 Å². The van der Waals surface area contributed by atoms with Crippen LogP contribution < -0.4 is 4.74 Å². The van der Waals surface area contributed by atoms with Gasteiger partial charge in [-0.25, -0.2) is 9.97 Å². The molecular formula is C19H21N3OS. The number of pyridine rings is 1. The first-order chi connectivity index (χ1) is 11.8. The van der Waals surface area contributed by atoms with Gasteiger partial charge in [-0.05, 0) is 60.9 Å². The molecule has 3 rings (SSSR count). The topological polar surface area (TPSA) is 47.9 Å².